The van der Waals surface area contributed by atoms with Gasteiger partial charge >= 0.3 is 0 Å². The summed E-state index contributed by atoms with van der Waals surface area (Å²) in [7, 11) is 0. The van der Waals surface area contributed by atoms with E-state index < -0.39 is 0 Å². The van der Waals surface area contributed by atoms with Crippen LogP contribution in [0.5, 0.6) is 0 Å². The van der Waals surface area contributed by atoms with Gasteiger partial charge in [0.25, 0.3) is 5.91 Å². The van der Waals surface area contributed by atoms with Crippen molar-refractivity contribution in [3.63, 3.8) is 0 Å². The molecule has 9 heteroatoms. The molecule has 3 aliphatic rings. The van der Waals surface area contributed by atoms with Gasteiger partial charge in [0.1, 0.15) is 6.10 Å². The fourth-order valence-corrected chi connectivity index (χ4v) is 3.86. The molecule has 3 aliphatic heterocycles. The van der Waals surface area contributed by atoms with E-state index in [1.165, 1.54) is 0 Å². The van der Waals surface area contributed by atoms with Crippen LogP contribution in [0.15, 0.2) is 4.99 Å². The standard InChI is InChI=1S/C20H36N4O4.HI/c1-2-21-20(22-7-4-12-26-15-17-6-14-27-16-17)24-10-8-23(9-11-24)19(25)18-5-3-13-28-18;/h17-18H,2-16H2,1H3,(H,21,22);1H. The molecule has 0 aromatic heterocycles. The van der Waals surface area contributed by atoms with Crippen LogP contribution in [0, 0.1) is 5.92 Å². The van der Waals surface area contributed by atoms with E-state index in [9.17, 15) is 4.79 Å². The van der Waals surface area contributed by atoms with Crippen LogP contribution in [0.2, 0.25) is 0 Å². The average Bonchev–Trinajstić information content (AvgIpc) is 3.43. The second-order valence-corrected chi connectivity index (χ2v) is 7.71. The van der Waals surface area contributed by atoms with E-state index in [1.807, 2.05) is 4.90 Å². The van der Waals surface area contributed by atoms with E-state index in [0.29, 0.717) is 12.5 Å². The molecule has 0 bridgehead atoms. The highest BCUT2D eigenvalue weighted by molar-refractivity contribution is 14.0. The Morgan fingerprint density at radius 1 is 1.17 bits per heavy atom. The van der Waals surface area contributed by atoms with Crippen molar-refractivity contribution in [3.8, 4) is 0 Å². The highest BCUT2D eigenvalue weighted by Gasteiger charge is 2.30. The van der Waals surface area contributed by atoms with Crippen LogP contribution >= 0.6 is 24.0 Å². The third-order valence-corrected chi connectivity index (χ3v) is 5.52. The topological polar surface area (TPSA) is 75.6 Å². The number of carbonyl (C=O) groups excluding carboxylic acids is 1. The molecule has 2 unspecified atom stereocenters. The smallest absolute Gasteiger partial charge is 0.251 e. The second-order valence-electron chi connectivity index (χ2n) is 7.71. The molecule has 29 heavy (non-hydrogen) atoms. The van der Waals surface area contributed by atoms with Crippen molar-refractivity contribution in [2.24, 2.45) is 10.9 Å². The van der Waals surface area contributed by atoms with E-state index >= 15 is 0 Å². The molecule has 3 rings (SSSR count). The van der Waals surface area contributed by atoms with Gasteiger partial charge in [-0.1, -0.05) is 0 Å². The summed E-state index contributed by atoms with van der Waals surface area (Å²) in [6, 6.07) is 0. The number of piperazine rings is 1. The minimum absolute atomic E-state index is 0. The lowest BCUT2D eigenvalue weighted by atomic mass is 10.1. The molecule has 168 valence electrons. The Kier molecular flexibility index (Phi) is 11.6. The summed E-state index contributed by atoms with van der Waals surface area (Å²) < 4.78 is 16.7. The van der Waals surface area contributed by atoms with Crippen molar-refractivity contribution < 1.29 is 19.0 Å². The van der Waals surface area contributed by atoms with Gasteiger partial charge in [-0.05, 0) is 32.6 Å². The van der Waals surface area contributed by atoms with Crippen LogP contribution in [0.4, 0.5) is 0 Å². The van der Waals surface area contributed by atoms with Crippen molar-refractivity contribution in [1.82, 2.24) is 15.1 Å². The van der Waals surface area contributed by atoms with E-state index in [2.05, 4.69) is 17.1 Å². The van der Waals surface area contributed by atoms with Crippen LogP contribution in [-0.4, -0.2) is 100 Å². The molecule has 3 saturated heterocycles. The molecule has 8 nitrogen and oxygen atoms in total. The molecule has 2 atom stereocenters. The minimum Gasteiger partial charge on any atom is -0.381 e. The van der Waals surface area contributed by atoms with Gasteiger partial charge < -0.3 is 29.3 Å². The predicted molar refractivity (Wildman–Crippen MR) is 123 cm³/mol. The number of ether oxygens (including phenoxy) is 3. The summed E-state index contributed by atoms with van der Waals surface area (Å²) in [6.45, 7) is 10.7. The lowest BCUT2D eigenvalue weighted by molar-refractivity contribution is -0.142. The maximum absolute atomic E-state index is 12.5. The number of guanidine groups is 1. The van der Waals surface area contributed by atoms with Gasteiger partial charge in [-0.3, -0.25) is 9.79 Å². The molecule has 0 radical (unpaired) electrons. The summed E-state index contributed by atoms with van der Waals surface area (Å²) in [6.07, 6.45) is 3.67. The molecule has 3 heterocycles. The van der Waals surface area contributed by atoms with E-state index in [-0.39, 0.29) is 36.0 Å². The number of hydrogen-bond acceptors (Lipinski definition) is 5. The van der Waals surface area contributed by atoms with Crippen LogP contribution < -0.4 is 5.32 Å². The number of nitrogens with one attached hydrogen (secondary N) is 1. The first kappa shape index (κ1) is 24.6. The SMILES string of the molecule is CCNC(=NCCCOCC1CCOC1)N1CCN(C(=O)C2CCCO2)CC1.I. The first-order valence-electron chi connectivity index (χ1n) is 10.9. The first-order valence-corrected chi connectivity index (χ1v) is 10.9. The molecule has 1 amide bonds. The first-order chi connectivity index (χ1) is 13.8. The maximum atomic E-state index is 12.5. The third kappa shape index (κ3) is 7.84. The zero-order chi connectivity index (χ0) is 19.6. The van der Waals surface area contributed by atoms with Gasteiger partial charge in [-0.2, -0.15) is 0 Å². The number of halogens is 1. The van der Waals surface area contributed by atoms with E-state index in [0.717, 1.165) is 97.3 Å². The van der Waals surface area contributed by atoms with Crippen LogP contribution in [0.25, 0.3) is 0 Å². The van der Waals surface area contributed by atoms with Gasteiger partial charge in [0.2, 0.25) is 0 Å². The fraction of sp³-hybridized carbons (Fsp3) is 0.900. The molecule has 0 saturated carbocycles. The van der Waals surface area contributed by atoms with Crippen molar-refractivity contribution in [1.29, 1.82) is 0 Å². The van der Waals surface area contributed by atoms with Gasteiger partial charge in [0.15, 0.2) is 5.96 Å². The average molecular weight is 524 g/mol. The zero-order valence-corrected chi connectivity index (χ0v) is 20.0. The van der Waals surface area contributed by atoms with Gasteiger partial charge in [0, 0.05) is 65.0 Å². The van der Waals surface area contributed by atoms with Crippen LogP contribution in [0.1, 0.15) is 32.6 Å². The zero-order valence-electron chi connectivity index (χ0n) is 17.6. The largest absolute Gasteiger partial charge is 0.381 e. The third-order valence-electron chi connectivity index (χ3n) is 5.52. The van der Waals surface area contributed by atoms with E-state index in [1.54, 1.807) is 0 Å². The van der Waals surface area contributed by atoms with E-state index in [4.69, 9.17) is 19.2 Å². The molecule has 0 spiro atoms. The quantitative estimate of drug-likeness (QED) is 0.224. The van der Waals surface area contributed by atoms with Crippen molar-refractivity contribution in [3.05, 3.63) is 0 Å². The molecular formula is C20H37IN4O4. The highest BCUT2D eigenvalue weighted by atomic mass is 127. The Balaban J connectivity index is 0.00000300. The number of amides is 1. The predicted octanol–water partition coefficient (Wildman–Crippen LogP) is 1.34. The number of rotatable bonds is 8. The fourth-order valence-electron chi connectivity index (χ4n) is 3.86. The Hall–Kier alpha value is -0.650. The van der Waals surface area contributed by atoms with Crippen molar-refractivity contribution >= 4 is 35.8 Å². The van der Waals surface area contributed by atoms with Crippen LogP contribution in [0.3, 0.4) is 0 Å². The summed E-state index contributed by atoms with van der Waals surface area (Å²) in [4.78, 5) is 21.4. The summed E-state index contributed by atoms with van der Waals surface area (Å²) >= 11 is 0. The van der Waals surface area contributed by atoms with Gasteiger partial charge in [0.05, 0.1) is 13.2 Å². The monoisotopic (exact) mass is 524 g/mol. The van der Waals surface area contributed by atoms with Gasteiger partial charge in [-0.15, -0.1) is 24.0 Å². The molecule has 0 aromatic rings. The molecule has 0 aliphatic carbocycles. The molecule has 1 N–H and O–H groups in total. The summed E-state index contributed by atoms with van der Waals surface area (Å²) in [5.74, 6) is 1.66. The number of carbonyl (C=O) groups is 1. The van der Waals surface area contributed by atoms with Crippen molar-refractivity contribution in [2.45, 2.75) is 38.7 Å². The Morgan fingerprint density at radius 2 is 1.97 bits per heavy atom. The van der Waals surface area contributed by atoms with Crippen LogP contribution in [-0.2, 0) is 19.0 Å². The van der Waals surface area contributed by atoms with Crippen molar-refractivity contribution in [2.75, 3.05) is 72.3 Å². The Bertz CT molecular complexity index is 503. The minimum atomic E-state index is -0.218. The molecule has 0 aromatic carbocycles. The Morgan fingerprint density at radius 3 is 2.62 bits per heavy atom. The number of nitrogens with zero attached hydrogens (tertiary/aromatic N) is 3. The second kappa shape index (κ2) is 13.6. The lowest BCUT2D eigenvalue weighted by Gasteiger charge is -2.37. The highest BCUT2D eigenvalue weighted by Crippen LogP contribution is 2.16. The molecular weight excluding hydrogens is 487 g/mol. The summed E-state index contributed by atoms with van der Waals surface area (Å²) in [5.41, 5.74) is 0. The number of aliphatic imine (C=N–C) groups is 1. The maximum Gasteiger partial charge on any atom is 0.251 e. The summed E-state index contributed by atoms with van der Waals surface area (Å²) in [5, 5.41) is 3.38. The normalized spacial score (nSPS) is 25.2. The lowest BCUT2D eigenvalue weighted by Crippen LogP contribution is -2.55. The molecule has 3 fully saturated rings. The number of hydrogen-bond donors (Lipinski definition) is 1. The Labute approximate surface area is 191 Å². The van der Waals surface area contributed by atoms with Gasteiger partial charge in [-0.25, -0.2) is 0 Å².